The fourth-order valence-corrected chi connectivity index (χ4v) is 3.73. The van der Waals surface area contributed by atoms with Crippen molar-refractivity contribution in [1.82, 2.24) is 5.32 Å². The van der Waals surface area contributed by atoms with Gasteiger partial charge in [-0.1, -0.05) is 35.3 Å². The number of benzene rings is 2. The van der Waals surface area contributed by atoms with E-state index in [1.54, 1.807) is 49.4 Å². The number of hydrogen-bond acceptors (Lipinski definition) is 7. The Kier molecular flexibility index (Phi) is 7.84. The lowest BCUT2D eigenvalue weighted by molar-refractivity contribution is -0.145. The number of carbonyl (C=O) groups is 2. The van der Waals surface area contributed by atoms with E-state index in [1.807, 2.05) is 0 Å². The number of thioether (sulfide) groups is 1. The van der Waals surface area contributed by atoms with Crippen molar-refractivity contribution in [3.63, 3.8) is 0 Å². The summed E-state index contributed by atoms with van der Waals surface area (Å²) < 4.78 is 15.6. The third-order valence-electron chi connectivity index (χ3n) is 3.94. The Morgan fingerprint density at radius 2 is 2.03 bits per heavy atom. The van der Waals surface area contributed by atoms with Crippen LogP contribution in [-0.4, -0.2) is 37.4 Å². The van der Waals surface area contributed by atoms with Gasteiger partial charge in [-0.25, -0.2) is 9.79 Å². The molecule has 0 radical (unpaired) electrons. The molecule has 0 saturated carbocycles. The molecule has 0 spiro atoms. The standard InChI is InChI=1S/C21H18Cl2N2O5S/c1-3-29-18(26)11-30-15-8-7-12(9-16(15)28-2)10-17-20(27)25-21(31-17)24-14-6-4-5-13(22)19(14)23/h4-10H,3,11H2,1-2H3,(H,24,25,27)/b17-10+. The Bertz CT molecular complexity index is 1070. The lowest BCUT2D eigenvalue weighted by Crippen LogP contribution is -2.19. The van der Waals surface area contributed by atoms with Gasteiger partial charge in [-0.2, -0.15) is 0 Å². The average molecular weight is 481 g/mol. The molecule has 7 nitrogen and oxygen atoms in total. The van der Waals surface area contributed by atoms with Gasteiger partial charge in [-0.15, -0.1) is 0 Å². The smallest absolute Gasteiger partial charge is 0.344 e. The summed E-state index contributed by atoms with van der Waals surface area (Å²) in [5.74, 6) is 0.0469. The maximum atomic E-state index is 12.3. The molecule has 0 aromatic heterocycles. The van der Waals surface area contributed by atoms with Crippen LogP contribution in [0.5, 0.6) is 11.5 Å². The third-order valence-corrected chi connectivity index (χ3v) is 5.66. The van der Waals surface area contributed by atoms with Crippen LogP contribution in [-0.2, 0) is 14.3 Å². The Morgan fingerprint density at radius 3 is 2.77 bits per heavy atom. The summed E-state index contributed by atoms with van der Waals surface area (Å²) in [4.78, 5) is 28.6. The van der Waals surface area contributed by atoms with Crippen molar-refractivity contribution < 1.29 is 23.8 Å². The van der Waals surface area contributed by atoms with Gasteiger partial charge in [0.1, 0.15) is 0 Å². The number of nitrogens with one attached hydrogen (secondary N) is 1. The lowest BCUT2D eigenvalue weighted by atomic mass is 10.2. The number of nitrogens with zero attached hydrogens (tertiary/aromatic N) is 1. The van der Waals surface area contributed by atoms with Crippen LogP contribution in [0.2, 0.25) is 10.0 Å². The van der Waals surface area contributed by atoms with Gasteiger partial charge < -0.3 is 19.5 Å². The van der Waals surface area contributed by atoms with E-state index in [4.69, 9.17) is 37.4 Å². The summed E-state index contributed by atoms with van der Waals surface area (Å²) in [6.45, 7) is 1.77. The molecule has 1 heterocycles. The Labute approximate surface area is 193 Å². The van der Waals surface area contributed by atoms with E-state index in [2.05, 4.69) is 10.3 Å². The molecular weight excluding hydrogens is 463 g/mol. The maximum absolute atomic E-state index is 12.3. The molecule has 162 valence electrons. The number of hydrogen-bond donors (Lipinski definition) is 1. The van der Waals surface area contributed by atoms with E-state index in [9.17, 15) is 9.59 Å². The maximum Gasteiger partial charge on any atom is 0.344 e. The number of carbonyl (C=O) groups excluding carboxylic acids is 2. The molecule has 10 heteroatoms. The quantitative estimate of drug-likeness (QED) is 0.450. The number of halogens is 2. The van der Waals surface area contributed by atoms with Crippen molar-refractivity contribution in [2.45, 2.75) is 6.92 Å². The second-order valence-corrected chi connectivity index (χ2v) is 7.87. The monoisotopic (exact) mass is 480 g/mol. The Morgan fingerprint density at radius 1 is 1.23 bits per heavy atom. The largest absolute Gasteiger partial charge is 0.493 e. The summed E-state index contributed by atoms with van der Waals surface area (Å²) in [6.07, 6.45) is 1.69. The van der Waals surface area contributed by atoms with Crippen LogP contribution in [0.3, 0.4) is 0 Å². The average Bonchev–Trinajstić information content (AvgIpc) is 3.09. The SMILES string of the molecule is CCOC(=O)COc1ccc(/C=C2/SC(=Nc3cccc(Cl)c3Cl)NC2=O)cc1OC. The summed E-state index contributed by atoms with van der Waals surface area (Å²) in [6, 6.07) is 10.2. The Balaban J connectivity index is 1.76. The second-order valence-electron chi connectivity index (χ2n) is 6.06. The van der Waals surface area contributed by atoms with Gasteiger partial charge >= 0.3 is 5.97 Å². The van der Waals surface area contributed by atoms with Crippen LogP contribution in [0.15, 0.2) is 46.3 Å². The van der Waals surface area contributed by atoms with Crippen molar-refractivity contribution in [2.75, 3.05) is 20.3 Å². The number of ether oxygens (including phenoxy) is 3. The highest BCUT2D eigenvalue weighted by molar-refractivity contribution is 8.18. The molecule has 0 atom stereocenters. The molecule has 0 bridgehead atoms. The number of esters is 1. The van der Waals surface area contributed by atoms with Gasteiger partial charge in [0.2, 0.25) is 0 Å². The highest BCUT2D eigenvalue weighted by atomic mass is 35.5. The predicted molar refractivity (Wildman–Crippen MR) is 122 cm³/mol. The highest BCUT2D eigenvalue weighted by Crippen LogP contribution is 2.35. The fourth-order valence-electron chi connectivity index (χ4n) is 2.55. The van der Waals surface area contributed by atoms with E-state index in [0.29, 0.717) is 42.9 Å². The molecule has 3 rings (SSSR count). The van der Waals surface area contributed by atoms with E-state index in [-0.39, 0.29) is 19.1 Å². The molecule has 0 aliphatic carbocycles. The zero-order valence-electron chi connectivity index (χ0n) is 16.6. The molecule has 1 aliphatic rings. The molecule has 2 aromatic carbocycles. The topological polar surface area (TPSA) is 86.2 Å². The summed E-state index contributed by atoms with van der Waals surface area (Å²) in [5.41, 5.74) is 1.17. The molecule has 1 aliphatic heterocycles. The zero-order valence-corrected chi connectivity index (χ0v) is 18.9. The van der Waals surface area contributed by atoms with Crippen LogP contribution >= 0.6 is 35.0 Å². The fraction of sp³-hybridized carbons (Fsp3) is 0.190. The number of aliphatic imine (C=N–C) groups is 1. The first-order chi connectivity index (χ1) is 14.9. The van der Waals surface area contributed by atoms with Gasteiger partial charge in [-0.3, -0.25) is 4.79 Å². The molecule has 1 amide bonds. The number of rotatable bonds is 7. The van der Waals surface area contributed by atoms with Crippen molar-refractivity contribution in [3.8, 4) is 11.5 Å². The summed E-state index contributed by atoms with van der Waals surface area (Å²) in [5, 5.41) is 3.78. The minimum atomic E-state index is -0.471. The van der Waals surface area contributed by atoms with Gasteiger partial charge in [0.15, 0.2) is 23.3 Å². The number of methoxy groups -OCH3 is 1. The molecule has 1 saturated heterocycles. The lowest BCUT2D eigenvalue weighted by Gasteiger charge is -2.11. The molecule has 0 unspecified atom stereocenters. The molecular formula is C21H18Cl2N2O5S. The minimum absolute atomic E-state index is 0.227. The zero-order chi connectivity index (χ0) is 22.4. The summed E-state index contributed by atoms with van der Waals surface area (Å²) in [7, 11) is 1.49. The number of amidine groups is 1. The first kappa shape index (κ1) is 23.0. The minimum Gasteiger partial charge on any atom is -0.493 e. The Hall–Kier alpha value is -2.68. The van der Waals surface area contributed by atoms with Crippen LogP contribution in [0.1, 0.15) is 12.5 Å². The normalized spacial score (nSPS) is 15.8. The van der Waals surface area contributed by atoms with E-state index in [0.717, 1.165) is 0 Å². The van der Waals surface area contributed by atoms with Crippen molar-refractivity contribution >= 4 is 63.8 Å². The van der Waals surface area contributed by atoms with E-state index >= 15 is 0 Å². The van der Waals surface area contributed by atoms with Gasteiger partial charge in [0.05, 0.1) is 34.4 Å². The first-order valence-corrected chi connectivity index (χ1v) is 10.7. The van der Waals surface area contributed by atoms with Crippen molar-refractivity contribution in [2.24, 2.45) is 4.99 Å². The number of amides is 1. The van der Waals surface area contributed by atoms with Gasteiger partial charge in [0, 0.05) is 0 Å². The molecule has 1 fully saturated rings. The first-order valence-electron chi connectivity index (χ1n) is 9.11. The predicted octanol–water partition coefficient (Wildman–Crippen LogP) is 4.84. The molecule has 1 N–H and O–H groups in total. The van der Waals surface area contributed by atoms with Gasteiger partial charge in [-0.05, 0) is 54.6 Å². The summed E-state index contributed by atoms with van der Waals surface area (Å²) >= 11 is 13.3. The third kappa shape index (κ3) is 5.94. The molecule has 31 heavy (non-hydrogen) atoms. The van der Waals surface area contributed by atoms with Crippen molar-refractivity contribution in [1.29, 1.82) is 0 Å². The van der Waals surface area contributed by atoms with E-state index in [1.165, 1.54) is 18.9 Å². The van der Waals surface area contributed by atoms with Crippen molar-refractivity contribution in [3.05, 3.63) is 56.9 Å². The van der Waals surface area contributed by atoms with Crippen LogP contribution in [0.4, 0.5) is 5.69 Å². The molecule has 2 aromatic rings. The van der Waals surface area contributed by atoms with Crippen LogP contribution in [0.25, 0.3) is 6.08 Å². The second kappa shape index (κ2) is 10.6. The highest BCUT2D eigenvalue weighted by Gasteiger charge is 2.24. The van der Waals surface area contributed by atoms with Gasteiger partial charge in [0.25, 0.3) is 5.91 Å². The van der Waals surface area contributed by atoms with Crippen LogP contribution in [0, 0.1) is 0 Å². The van der Waals surface area contributed by atoms with Crippen LogP contribution < -0.4 is 14.8 Å². The van der Waals surface area contributed by atoms with E-state index < -0.39 is 5.97 Å².